The molecule has 3 aromatic rings. The molecule has 3 rings (SSSR count). The molecule has 0 saturated heterocycles. The molecule has 2 atom stereocenters. The Morgan fingerprint density at radius 3 is 2.70 bits per heavy atom. The number of H-pyrrole nitrogens is 1. The number of nitrogens with one attached hydrogen (secondary N) is 3. The molecule has 140 valence electrons. The minimum Gasteiger partial charge on any atom is -0.321 e. The Morgan fingerprint density at radius 1 is 1.19 bits per heavy atom. The number of likely N-dealkylation sites (N-methyl/N-ethyl adjacent to an activating group) is 1. The molecule has 0 aliphatic carbocycles. The van der Waals surface area contributed by atoms with Crippen molar-refractivity contribution in [3.63, 3.8) is 0 Å². The summed E-state index contributed by atoms with van der Waals surface area (Å²) in [6.45, 7) is 6.23. The Balaban J connectivity index is 1.74. The topological polar surface area (TPSA) is 79.3 Å². The number of benzene rings is 2. The van der Waals surface area contributed by atoms with E-state index in [4.69, 9.17) is 0 Å². The zero-order valence-corrected chi connectivity index (χ0v) is 16.1. The first-order valence-corrected chi connectivity index (χ1v) is 9.04. The van der Waals surface area contributed by atoms with Crippen molar-refractivity contribution in [2.45, 2.75) is 26.8 Å². The number of rotatable bonds is 5. The van der Waals surface area contributed by atoms with Crippen LogP contribution in [0.25, 0.3) is 10.9 Å². The number of fused-ring (bicyclic) bond motifs is 1. The number of carbonyl (C=O) groups excluding carboxylic acids is 1. The summed E-state index contributed by atoms with van der Waals surface area (Å²) in [6, 6.07) is 13.0. The number of quaternary nitrogens is 1. The Bertz CT molecular complexity index is 1040. The van der Waals surface area contributed by atoms with Gasteiger partial charge in [0.15, 0.2) is 12.4 Å². The Labute approximate surface area is 158 Å². The monoisotopic (exact) mass is 365 g/mol. The summed E-state index contributed by atoms with van der Waals surface area (Å²) in [6.07, 6.45) is 0. The lowest BCUT2D eigenvalue weighted by Gasteiger charge is -2.21. The molecule has 1 heterocycles. The van der Waals surface area contributed by atoms with Gasteiger partial charge in [-0.3, -0.25) is 9.59 Å². The van der Waals surface area contributed by atoms with Crippen molar-refractivity contribution in [2.75, 3.05) is 18.9 Å². The second kappa shape index (κ2) is 7.72. The zero-order valence-electron chi connectivity index (χ0n) is 16.1. The van der Waals surface area contributed by atoms with Gasteiger partial charge in [0.1, 0.15) is 6.04 Å². The third kappa shape index (κ3) is 4.06. The van der Waals surface area contributed by atoms with E-state index >= 15 is 0 Å². The van der Waals surface area contributed by atoms with Crippen LogP contribution in [0.15, 0.2) is 47.3 Å². The molecule has 6 nitrogen and oxygen atoms in total. The number of para-hydroxylation sites is 1. The molecule has 1 unspecified atom stereocenters. The van der Waals surface area contributed by atoms with Crippen LogP contribution in [-0.2, 0) is 4.79 Å². The van der Waals surface area contributed by atoms with Crippen molar-refractivity contribution < 1.29 is 9.69 Å². The number of hydrogen-bond acceptors (Lipinski definition) is 3. The second-order valence-corrected chi connectivity index (χ2v) is 7.01. The molecule has 1 aromatic heterocycles. The van der Waals surface area contributed by atoms with E-state index in [9.17, 15) is 9.59 Å². The van der Waals surface area contributed by atoms with Crippen molar-refractivity contribution in [3.8, 4) is 0 Å². The van der Waals surface area contributed by atoms with Gasteiger partial charge in [-0.05, 0) is 50.1 Å². The van der Waals surface area contributed by atoms with Crippen LogP contribution in [0.1, 0.15) is 29.9 Å². The normalized spacial score (nSPS) is 13.3. The molecule has 0 aliphatic heterocycles. The standard InChI is InChI=1S/C21H24N4O2/c1-13-8-7-11-17(14(13)2)22-19(26)12-25(4)15(3)20-23-18-10-6-5-9-16(18)21(27)24-20/h5-11,15H,12H2,1-4H3,(H,22,26)(H,23,24,27)/p+1/t15-/m0/s1. The summed E-state index contributed by atoms with van der Waals surface area (Å²) in [5.74, 6) is 0.506. The largest absolute Gasteiger partial charge is 0.321 e. The van der Waals surface area contributed by atoms with Crippen LogP contribution in [-0.4, -0.2) is 29.5 Å². The Morgan fingerprint density at radius 2 is 1.93 bits per heavy atom. The number of anilines is 1. The quantitative estimate of drug-likeness (QED) is 0.645. The van der Waals surface area contributed by atoms with E-state index in [-0.39, 0.29) is 24.1 Å². The minimum atomic E-state index is -0.157. The van der Waals surface area contributed by atoms with E-state index in [2.05, 4.69) is 15.3 Å². The highest BCUT2D eigenvalue weighted by Crippen LogP contribution is 2.17. The van der Waals surface area contributed by atoms with Crippen molar-refractivity contribution in [1.82, 2.24) is 9.97 Å². The van der Waals surface area contributed by atoms with Gasteiger partial charge in [0.2, 0.25) is 0 Å². The van der Waals surface area contributed by atoms with Gasteiger partial charge in [0.25, 0.3) is 11.5 Å². The van der Waals surface area contributed by atoms with E-state index in [1.807, 2.05) is 64.2 Å². The fraction of sp³-hybridized carbons (Fsp3) is 0.286. The zero-order chi connectivity index (χ0) is 19.6. The molecule has 0 aliphatic rings. The predicted octanol–water partition coefficient (Wildman–Crippen LogP) is 1.75. The molecule has 3 N–H and O–H groups in total. The molecule has 6 heteroatoms. The first-order valence-electron chi connectivity index (χ1n) is 9.04. The van der Waals surface area contributed by atoms with Crippen molar-refractivity contribution in [1.29, 1.82) is 0 Å². The number of aryl methyl sites for hydroxylation is 1. The lowest BCUT2D eigenvalue weighted by atomic mass is 10.1. The van der Waals surface area contributed by atoms with Crippen LogP contribution in [0.3, 0.4) is 0 Å². The van der Waals surface area contributed by atoms with Gasteiger partial charge in [0, 0.05) is 5.69 Å². The maximum absolute atomic E-state index is 12.5. The maximum Gasteiger partial charge on any atom is 0.279 e. The summed E-state index contributed by atoms with van der Waals surface area (Å²) >= 11 is 0. The van der Waals surface area contributed by atoms with E-state index in [0.717, 1.165) is 21.7 Å². The van der Waals surface area contributed by atoms with Crippen molar-refractivity contribution in [2.24, 2.45) is 0 Å². The number of amides is 1. The molecular formula is C21H25N4O2+. The predicted molar refractivity (Wildman–Crippen MR) is 107 cm³/mol. The second-order valence-electron chi connectivity index (χ2n) is 7.01. The molecule has 1 amide bonds. The highest BCUT2D eigenvalue weighted by molar-refractivity contribution is 5.92. The average molecular weight is 365 g/mol. The summed E-state index contributed by atoms with van der Waals surface area (Å²) in [5.41, 5.74) is 3.54. The first-order chi connectivity index (χ1) is 12.9. The minimum absolute atomic E-state index is 0.0730. The van der Waals surface area contributed by atoms with Crippen LogP contribution in [0.4, 0.5) is 5.69 Å². The van der Waals surface area contributed by atoms with Gasteiger partial charge >= 0.3 is 0 Å². The van der Waals surface area contributed by atoms with Gasteiger partial charge in [-0.2, -0.15) is 0 Å². The lowest BCUT2D eigenvalue weighted by Crippen LogP contribution is -3.10. The molecule has 2 aromatic carbocycles. The smallest absolute Gasteiger partial charge is 0.279 e. The van der Waals surface area contributed by atoms with Crippen molar-refractivity contribution in [3.05, 3.63) is 69.8 Å². The summed E-state index contributed by atoms with van der Waals surface area (Å²) in [5, 5.41) is 3.55. The SMILES string of the molecule is Cc1cccc(NC(=O)C[NH+](C)[C@@H](C)c2nc3ccccc3c(=O)[nH]2)c1C. The van der Waals surface area contributed by atoms with Gasteiger partial charge in [0.05, 0.1) is 18.0 Å². The van der Waals surface area contributed by atoms with Crippen LogP contribution >= 0.6 is 0 Å². The van der Waals surface area contributed by atoms with E-state index in [0.29, 0.717) is 16.7 Å². The number of aromatic amines is 1. The molecule has 0 fully saturated rings. The molecule has 0 spiro atoms. The van der Waals surface area contributed by atoms with Gasteiger partial charge in [-0.15, -0.1) is 0 Å². The van der Waals surface area contributed by atoms with E-state index in [1.54, 1.807) is 6.07 Å². The van der Waals surface area contributed by atoms with Crippen LogP contribution < -0.4 is 15.8 Å². The van der Waals surface area contributed by atoms with Gasteiger partial charge < -0.3 is 15.2 Å². The highest BCUT2D eigenvalue weighted by atomic mass is 16.2. The van der Waals surface area contributed by atoms with Gasteiger partial charge in [-0.1, -0.05) is 24.3 Å². The summed E-state index contributed by atoms with van der Waals surface area (Å²) < 4.78 is 0. The van der Waals surface area contributed by atoms with Crippen molar-refractivity contribution >= 4 is 22.5 Å². The number of carbonyl (C=O) groups is 1. The number of nitrogens with zero attached hydrogens (tertiary/aromatic N) is 1. The van der Waals surface area contributed by atoms with Crippen LogP contribution in [0.2, 0.25) is 0 Å². The lowest BCUT2D eigenvalue weighted by molar-refractivity contribution is -0.902. The average Bonchev–Trinajstić information content (AvgIpc) is 2.64. The number of hydrogen-bond donors (Lipinski definition) is 3. The third-order valence-corrected chi connectivity index (χ3v) is 5.10. The first kappa shape index (κ1) is 18.8. The third-order valence-electron chi connectivity index (χ3n) is 5.10. The number of aromatic nitrogens is 2. The van der Waals surface area contributed by atoms with Crippen LogP contribution in [0, 0.1) is 13.8 Å². The van der Waals surface area contributed by atoms with Crippen LogP contribution in [0.5, 0.6) is 0 Å². The molecular weight excluding hydrogens is 340 g/mol. The van der Waals surface area contributed by atoms with E-state index < -0.39 is 0 Å². The molecule has 27 heavy (non-hydrogen) atoms. The highest BCUT2D eigenvalue weighted by Gasteiger charge is 2.22. The fourth-order valence-electron chi connectivity index (χ4n) is 3.03. The molecule has 0 radical (unpaired) electrons. The summed E-state index contributed by atoms with van der Waals surface area (Å²) in [7, 11) is 1.92. The fourth-order valence-corrected chi connectivity index (χ4v) is 3.03. The summed E-state index contributed by atoms with van der Waals surface area (Å²) in [4.78, 5) is 33.1. The van der Waals surface area contributed by atoms with E-state index in [1.165, 1.54) is 0 Å². The maximum atomic E-state index is 12.5. The Hall–Kier alpha value is -2.99. The Kier molecular flexibility index (Phi) is 5.37. The molecule has 0 bridgehead atoms. The molecule has 0 saturated carbocycles. The van der Waals surface area contributed by atoms with Gasteiger partial charge in [-0.25, -0.2) is 4.98 Å².